The van der Waals surface area contributed by atoms with Gasteiger partial charge in [0.25, 0.3) is 0 Å². The van der Waals surface area contributed by atoms with E-state index in [1.54, 1.807) is 0 Å². The Hall–Kier alpha value is -2.85. The van der Waals surface area contributed by atoms with Gasteiger partial charge in [-0.15, -0.1) is 0 Å². The molecule has 152 valence electrons. The molecule has 0 radical (unpaired) electrons. The first-order chi connectivity index (χ1) is 14.0. The summed E-state index contributed by atoms with van der Waals surface area (Å²) in [5.41, 5.74) is 3.18. The van der Waals surface area contributed by atoms with E-state index >= 15 is 0 Å². The van der Waals surface area contributed by atoms with E-state index < -0.39 is 0 Å². The van der Waals surface area contributed by atoms with Crippen LogP contribution in [0.2, 0.25) is 0 Å². The highest BCUT2D eigenvalue weighted by Gasteiger charge is 2.39. The standard InChI is InChI=1S/C22H27N5O2/c1-22(7-8-22)16-29-21(28)26-11-9-25(10-12-26)15-20-13-24-17-27(20)14-18-3-5-19(23-2)6-4-18/h3-6,13,17H,7-12,14-16H2,1H3. The molecule has 0 bridgehead atoms. The largest absolute Gasteiger partial charge is 0.449 e. The van der Waals surface area contributed by atoms with Crippen LogP contribution in [0.4, 0.5) is 10.5 Å². The number of nitrogens with zero attached hydrogens (tertiary/aromatic N) is 5. The van der Waals surface area contributed by atoms with Crippen molar-refractivity contribution in [1.29, 1.82) is 0 Å². The molecule has 0 atom stereocenters. The van der Waals surface area contributed by atoms with Crippen molar-refractivity contribution in [3.8, 4) is 0 Å². The predicted octanol–water partition coefficient (Wildman–Crippen LogP) is 3.54. The number of aromatic nitrogens is 2. The van der Waals surface area contributed by atoms with Crippen molar-refractivity contribution in [2.45, 2.75) is 32.9 Å². The van der Waals surface area contributed by atoms with Gasteiger partial charge in [0, 0.05) is 50.9 Å². The molecule has 1 aromatic heterocycles. The summed E-state index contributed by atoms with van der Waals surface area (Å²) in [4.78, 5) is 24.2. The first-order valence-electron chi connectivity index (χ1n) is 10.1. The Morgan fingerprint density at radius 1 is 1.17 bits per heavy atom. The highest BCUT2D eigenvalue weighted by atomic mass is 16.6. The van der Waals surface area contributed by atoms with E-state index in [4.69, 9.17) is 11.3 Å². The maximum absolute atomic E-state index is 12.3. The zero-order chi connectivity index (χ0) is 20.3. The quantitative estimate of drug-likeness (QED) is 0.705. The van der Waals surface area contributed by atoms with E-state index in [9.17, 15) is 4.79 Å². The molecule has 2 aromatic rings. The highest BCUT2D eigenvalue weighted by molar-refractivity contribution is 5.67. The maximum Gasteiger partial charge on any atom is 0.409 e. The molecule has 1 aliphatic carbocycles. The van der Waals surface area contributed by atoms with Crippen LogP contribution < -0.4 is 0 Å². The van der Waals surface area contributed by atoms with E-state index in [1.165, 1.54) is 0 Å². The number of carbonyl (C=O) groups is 1. The second kappa shape index (κ2) is 8.26. The zero-order valence-corrected chi connectivity index (χ0v) is 16.9. The number of hydrogen-bond donors (Lipinski definition) is 0. The van der Waals surface area contributed by atoms with Gasteiger partial charge >= 0.3 is 6.09 Å². The SMILES string of the molecule is [C-]#[N+]c1ccc(Cn2cncc2CN2CCN(C(=O)OCC3(C)CC3)CC2)cc1. The number of imidazole rings is 1. The lowest BCUT2D eigenvalue weighted by atomic mass is 10.2. The van der Waals surface area contributed by atoms with E-state index in [0.717, 1.165) is 50.3 Å². The van der Waals surface area contributed by atoms with Crippen molar-refractivity contribution in [3.63, 3.8) is 0 Å². The molecule has 2 heterocycles. The van der Waals surface area contributed by atoms with E-state index in [0.29, 0.717) is 25.4 Å². The minimum Gasteiger partial charge on any atom is -0.449 e. The van der Waals surface area contributed by atoms with Crippen molar-refractivity contribution < 1.29 is 9.53 Å². The molecule has 7 heteroatoms. The summed E-state index contributed by atoms with van der Waals surface area (Å²) >= 11 is 0. The Labute approximate surface area is 171 Å². The van der Waals surface area contributed by atoms with Crippen LogP contribution in [0, 0.1) is 12.0 Å². The summed E-state index contributed by atoms with van der Waals surface area (Å²) in [5.74, 6) is 0. The van der Waals surface area contributed by atoms with Crippen molar-refractivity contribution >= 4 is 11.8 Å². The fourth-order valence-corrected chi connectivity index (χ4v) is 3.50. The molecule has 1 aromatic carbocycles. The first-order valence-corrected chi connectivity index (χ1v) is 10.1. The third-order valence-electron chi connectivity index (χ3n) is 5.88. The summed E-state index contributed by atoms with van der Waals surface area (Å²) in [6.45, 7) is 14.4. The van der Waals surface area contributed by atoms with E-state index in [2.05, 4.69) is 26.2 Å². The average Bonchev–Trinajstić information content (AvgIpc) is 3.34. The fraction of sp³-hybridized carbons (Fsp3) is 0.500. The number of hydrogen-bond acceptors (Lipinski definition) is 4. The van der Waals surface area contributed by atoms with Crippen molar-refractivity contribution in [3.05, 3.63) is 59.5 Å². The molecule has 4 rings (SSSR count). The number of benzene rings is 1. The zero-order valence-electron chi connectivity index (χ0n) is 16.9. The van der Waals surface area contributed by atoms with Gasteiger partial charge in [0.2, 0.25) is 0 Å². The van der Waals surface area contributed by atoms with Crippen LogP contribution >= 0.6 is 0 Å². The predicted molar refractivity (Wildman–Crippen MR) is 110 cm³/mol. The molecule has 0 unspecified atom stereocenters. The molecule has 0 N–H and O–H groups in total. The van der Waals surface area contributed by atoms with Gasteiger partial charge in [0.1, 0.15) is 0 Å². The number of carbonyl (C=O) groups excluding carboxylic acids is 1. The Kier molecular flexibility index (Phi) is 5.54. The Morgan fingerprint density at radius 3 is 2.55 bits per heavy atom. The average molecular weight is 393 g/mol. The molecule has 7 nitrogen and oxygen atoms in total. The fourth-order valence-electron chi connectivity index (χ4n) is 3.50. The molecule has 29 heavy (non-hydrogen) atoms. The van der Waals surface area contributed by atoms with Crippen molar-refractivity contribution in [2.75, 3.05) is 32.8 Å². The van der Waals surface area contributed by atoms with Gasteiger partial charge in [-0.3, -0.25) is 4.90 Å². The van der Waals surface area contributed by atoms with Gasteiger partial charge < -0.3 is 14.2 Å². The monoisotopic (exact) mass is 393 g/mol. The lowest BCUT2D eigenvalue weighted by Gasteiger charge is -2.34. The van der Waals surface area contributed by atoms with Crippen LogP contribution in [0.3, 0.4) is 0 Å². The molecule has 1 amide bonds. The second-order valence-corrected chi connectivity index (χ2v) is 8.42. The second-order valence-electron chi connectivity index (χ2n) is 8.42. The van der Waals surface area contributed by atoms with E-state index in [1.807, 2.05) is 41.7 Å². The third kappa shape index (κ3) is 4.96. The van der Waals surface area contributed by atoms with Crippen LogP contribution in [0.25, 0.3) is 4.85 Å². The minimum atomic E-state index is -0.175. The molecule has 1 saturated carbocycles. The molecule has 1 aliphatic heterocycles. The molecular weight excluding hydrogens is 366 g/mol. The van der Waals surface area contributed by atoms with Gasteiger partial charge in [0.05, 0.1) is 25.2 Å². The van der Waals surface area contributed by atoms with Gasteiger partial charge in [0.15, 0.2) is 5.69 Å². The molecular formula is C22H27N5O2. The lowest BCUT2D eigenvalue weighted by molar-refractivity contribution is 0.0628. The maximum atomic E-state index is 12.3. The number of piperazine rings is 1. The molecule has 1 saturated heterocycles. The number of rotatable bonds is 6. The summed E-state index contributed by atoms with van der Waals surface area (Å²) in [5, 5.41) is 0. The lowest BCUT2D eigenvalue weighted by Crippen LogP contribution is -2.48. The summed E-state index contributed by atoms with van der Waals surface area (Å²) in [6, 6.07) is 7.68. The topological polar surface area (TPSA) is 55.0 Å². The van der Waals surface area contributed by atoms with Crippen LogP contribution in [0.15, 0.2) is 36.8 Å². The summed E-state index contributed by atoms with van der Waals surface area (Å²) < 4.78 is 7.63. The third-order valence-corrected chi connectivity index (χ3v) is 5.88. The normalized spacial score (nSPS) is 18.3. The summed E-state index contributed by atoms with van der Waals surface area (Å²) in [6.07, 6.45) is 5.90. The molecule has 2 fully saturated rings. The van der Waals surface area contributed by atoms with Crippen LogP contribution in [-0.2, 0) is 17.8 Å². The van der Waals surface area contributed by atoms with Crippen LogP contribution in [0.1, 0.15) is 31.0 Å². The van der Waals surface area contributed by atoms with Crippen molar-refractivity contribution in [1.82, 2.24) is 19.4 Å². The Morgan fingerprint density at radius 2 is 1.90 bits per heavy atom. The summed E-state index contributed by atoms with van der Waals surface area (Å²) in [7, 11) is 0. The van der Waals surface area contributed by atoms with Crippen LogP contribution in [-0.4, -0.2) is 58.2 Å². The Bertz CT molecular complexity index is 887. The number of ether oxygens (including phenoxy) is 1. The smallest absolute Gasteiger partial charge is 0.409 e. The van der Waals surface area contributed by atoms with Gasteiger partial charge in [-0.2, -0.15) is 0 Å². The van der Waals surface area contributed by atoms with Gasteiger partial charge in [-0.05, 0) is 18.4 Å². The van der Waals surface area contributed by atoms with Gasteiger partial charge in [-0.25, -0.2) is 14.6 Å². The molecule has 0 spiro atoms. The highest BCUT2D eigenvalue weighted by Crippen LogP contribution is 2.45. The van der Waals surface area contributed by atoms with E-state index in [-0.39, 0.29) is 11.5 Å². The first kappa shape index (κ1) is 19.5. The number of amides is 1. The van der Waals surface area contributed by atoms with Gasteiger partial charge in [-0.1, -0.05) is 31.2 Å². The minimum absolute atomic E-state index is 0.175. The molecule has 2 aliphatic rings. The Balaban J connectivity index is 1.27. The van der Waals surface area contributed by atoms with Crippen LogP contribution in [0.5, 0.6) is 0 Å². The van der Waals surface area contributed by atoms with Crippen molar-refractivity contribution in [2.24, 2.45) is 5.41 Å².